The van der Waals surface area contributed by atoms with Gasteiger partial charge < -0.3 is 10.6 Å². The number of carbonyl (C=O) groups excluding carboxylic acids is 1. The Morgan fingerprint density at radius 3 is 2.78 bits per heavy atom. The van der Waals surface area contributed by atoms with Crippen molar-refractivity contribution in [2.75, 3.05) is 7.05 Å². The zero-order valence-corrected chi connectivity index (χ0v) is 12.6. The number of thiocarbonyl (C=S) groups is 1. The van der Waals surface area contributed by atoms with Crippen molar-refractivity contribution in [3.63, 3.8) is 0 Å². The average molecular weight is 285 g/mol. The Morgan fingerprint density at radius 2 is 2.33 bits per heavy atom. The number of carbonyl (C=O) groups is 1. The molecule has 1 rings (SSSR count). The number of nitrogens with two attached hydrogens (primary N) is 1. The Bertz CT molecular complexity index is 431. The summed E-state index contributed by atoms with van der Waals surface area (Å²) in [7, 11) is 1.76. The molecule has 1 unspecified atom stereocenters. The molecule has 0 bridgehead atoms. The lowest BCUT2D eigenvalue weighted by atomic mass is 10.0. The fourth-order valence-electron chi connectivity index (χ4n) is 1.74. The van der Waals surface area contributed by atoms with Gasteiger partial charge in [-0.05, 0) is 13.3 Å². The van der Waals surface area contributed by atoms with Crippen molar-refractivity contribution in [2.24, 2.45) is 11.7 Å². The van der Waals surface area contributed by atoms with Gasteiger partial charge in [0.2, 0.25) is 5.91 Å². The van der Waals surface area contributed by atoms with E-state index in [2.05, 4.69) is 4.98 Å². The van der Waals surface area contributed by atoms with Gasteiger partial charge in [-0.25, -0.2) is 4.98 Å². The molecule has 0 saturated carbocycles. The molecule has 6 heteroatoms. The van der Waals surface area contributed by atoms with Gasteiger partial charge in [0.05, 0.1) is 28.2 Å². The second-order valence-electron chi connectivity index (χ2n) is 4.30. The molecule has 0 spiro atoms. The molecular formula is C12H19N3OS2. The van der Waals surface area contributed by atoms with Crippen LogP contribution in [0, 0.1) is 12.8 Å². The van der Waals surface area contributed by atoms with Crippen molar-refractivity contribution in [3.05, 3.63) is 16.1 Å². The fraction of sp³-hybridized carbons (Fsp3) is 0.583. The first-order chi connectivity index (χ1) is 8.45. The van der Waals surface area contributed by atoms with Crippen molar-refractivity contribution in [1.82, 2.24) is 9.88 Å². The molecule has 1 aromatic heterocycles. The van der Waals surface area contributed by atoms with E-state index < -0.39 is 0 Å². The molecule has 0 aliphatic carbocycles. The fourth-order valence-corrected chi connectivity index (χ4v) is 2.57. The monoisotopic (exact) mass is 285 g/mol. The number of amides is 1. The van der Waals surface area contributed by atoms with Crippen LogP contribution >= 0.6 is 23.6 Å². The van der Waals surface area contributed by atoms with Crippen LogP contribution in [0.4, 0.5) is 0 Å². The summed E-state index contributed by atoms with van der Waals surface area (Å²) in [6.07, 6.45) is 1.59. The van der Waals surface area contributed by atoms with E-state index >= 15 is 0 Å². The molecule has 0 radical (unpaired) electrons. The topological polar surface area (TPSA) is 59.2 Å². The predicted molar refractivity (Wildman–Crippen MR) is 78.5 cm³/mol. The molecule has 18 heavy (non-hydrogen) atoms. The van der Waals surface area contributed by atoms with Crippen LogP contribution in [0.3, 0.4) is 0 Å². The van der Waals surface area contributed by atoms with E-state index in [1.807, 2.05) is 19.2 Å². The number of nitrogens with zero attached hydrogens (tertiary/aromatic N) is 2. The highest BCUT2D eigenvalue weighted by Gasteiger charge is 2.24. The smallest absolute Gasteiger partial charge is 0.232 e. The Morgan fingerprint density at radius 1 is 1.67 bits per heavy atom. The second-order valence-corrected chi connectivity index (χ2v) is 5.83. The van der Waals surface area contributed by atoms with Gasteiger partial charge in [0.1, 0.15) is 0 Å². The Hall–Kier alpha value is -1.01. The van der Waals surface area contributed by atoms with E-state index in [1.165, 1.54) is 0 Å². The van der Waals surface area contributed by atoms with Crippen LogP contribution in [0.1, 0.15) is 30.5 Å². The van der Waals surface area contributed by atoms with Gasteiger partial charge in [-0.2, -0.15) is 0 Å². The molecule has 0 aliphatic heterocycles. The maximum Gasteiger partial charge on any atom is 0.232 e. The third-order valence-corrected chi connectivity index (χ3v) is 3.77. The molecule has 0 aromatic carbocycles. The quantitative estimate of drug-likeness (QED) is 0.813. The SMILES string of the molecule is CCCC(C(=O)N(C)Cc1csc(C)n1)C(N)=S. The normalized spacial score (nSPS) is 12.2. The minimum atomic E-state index is -0.352. The third kappa shape index (κ3) is 4.03. The number of aromatic nitrogens is 1. The van der Waals surface area contributed by atoms with Crippen molar-refractivity contribution in [3.8, 4) is 0 Å². The minimum absolute atomic E-state index is 0.0185. The van der Waals surface area contributed by atoms with Crippen molar-refractivity contribution < 1.29 is 4.79 Å². The number of thiazole rings is 1. The second kappa shape index (κ2) is 6.80. The van der Waals surface area contributed by atoms with Crippen LogP contribution < -0.4 is 5.73 Å². The van der Waals surface area contributed by atoms with E-state index in [9.17, 15) is 4.79 Å². The predicted octanol–water partition coefficient (Wildman–Crippen LogP) is 2.11. The van der Waals surface area contributed by atoms with Crippen LogP contribution in [0.5, 0.6) is 0 Å². The Labute approximate surface area is 117 Å². The maximum absolute atomic E-state index is 12.2. The lowest BCUT2D eigenvalue weighted by Gasteiger charge is -2.22. The van der Waals surface area contributed by atoms with Crippen molar-refractivity contribution in [1.29, 1.82) is 0 Å². The lowest BCUT2D eigenvalue weighted by Crippen LogP contribution is -2.38. The first-order valence-corrected chi connectivity index (χ1v) is 7.19. The molecule has 2 N–H and O–H groups in total. The van der Waals surface area contributed by atoms with Gasteiger partial charge in [-0.1, -0.05) is 25.6 Å². The standard InChI is InChI=1S/C12H19N3OS2/c1-4-5-10(11(13)17)12(16)15(3)6-9-7-18-8(2)14-9/h7,10H,4-6H2,1-3H3,(H2,13,17). The Balaban J connectivity index is 2.67. The molecule has 100 valence electrons. The van der Waals surface area contributed by atoms with E-state index in [4.69, 9.17) is 18.0 Å². The average Bonchev–Trinajstić information content (AvgIpc) is 2.70. The number of hydrogen-bond donors (Lipinski definition) is 1. The highest BCUT2D eigenvalue weighted by molar-refractivity contribution is 7.80. The molecule has 0 fully saturated rings. The van der Waals surface area contributed by atoms with E-state index in [0.29, 0.717) is 13.0 Å². The first kappa shape index (κ1) is 15.0. The van der Waals surface area contributed by atoms with Gasteiger partial charge in [0, 0.05) is 12.4 Å². The summed E-state index contributed by atoms with van der Waals surface area (Å²) >= 11 is 6.55. The summed E-state index contributed by atoms with van der Waals surface area (Å²) in [5.74, 6) is -0.371. The molecule has 1 aromatic rings. The van der Waals surface area contributed by atoms with Crippen LogP contribution in [-0.4, -0.2) is 27.8 Å². The molecular weight excluding hydrogens is 266 g/mol. The minimum Gasteiger partial charge on any atom is -0.393 e. The van der Waals surface area contributed by atoms with Gasteiger partial charge in [0.25, 0.3) is 0 Å². The summed E-state index contributed by atoms with van der Waals surface area (Å²) in [6, 6.07) is 0. The number of aryl methyl sites for hydroxylation is 1. The summed E-state index contributed by atoms with van der Waals surface area (Å²) in [5.41, 5.74) is 6.54. The van der Waals surface area contributed by atoms with Crippen LogP contribution in [0.25, 0.3) is 0 Å². The zero-order valence-electron chi connectivity index (χ0n) is 11.0. The first-order valence-electron chi connectivity index (χ1n) is 5.91. The summed E-state index contributed by atoms with van der Waals surface area (Å²) in [4.78, 5) is 18.5. The summed E-state index contributed by atoms with van der Waals surface area (Å²) in [6.45, 7) is 4.47. The molecule has 1 amide bonds. The van der Waals surface area contributed by atoms with Gasteiger partial charge in [-0.15, -0.1) is 11.3 Å². The third-order valence-electron chi connectivity index (χ3n) is 2.66. The lowest BCUT2D eigenvalue weighted by molar-refractivity contribution is -0.132. The number of rotatable bonds is 6. The van der Waals surface area contributed by atoms with Gasteiger partial charge in [0.15, 0.2) is 0 Å². The Kier molecular flexibility index (Phi) is 5.68. The van der Waals surface area contributed by atoms with Gasteiger partial charge >= 0.3 is 0 Å². The van der Waals surface area contributed by atoms with Crippen molar-refractivity contribution in [2.45, 2.75) is 33.2 Å². The molecule has 1 atom stereocenters. The highest BCUT2D eigenvalue weighted by Crippen LogP contribution is 2.14. The molecule has 4 nitrogen and oxygen atoms in total. The molecule has 1 heterocycles. The van der Waals surface area contributed by atoms with Crippen LogP contribution in [0.15, 0.2) is 5.38 Å². The highest BCUT2D eigenvalue weighted by atomic mass is 32.1. The van der Waals surface area contributed by atoms with Crippen molar-refractivity contribution >= 4 is 34.5 Å². The van der Waals surface area contributed by atoms with Crippen LogP contribution in [-0.2, 0) is 11.3 Å². The zero-order chi connectivity index (χ0) is 13.7. The number of hydrogen-bond acceptors (Lipinski definition) is 4. The summed E-state index contributed by atoms with van der Waals surface area (Å²) < 4.78 is 0. The molecule has 0 aliphatic rings. The molecule has 0 saturated heterocycles. The maximum atomic E-state index is 12.2. The van der Waals surface area contributed by atoms with E-state index in [1.54, 1.807) is 23.3 Å². The van der Waals surface area contributed by atoms with E-state index in [0.717, 1.165) is 17.1 Å². The van der Waals surface area contributed by atoms with Gasteiger partial charge in [-0.3, -0.25) is 4.79 Å². The van der Waals surface area contributed by atoms with E-state index in [-0.39, 0.29) is 16.8 Å². The van der Waals surface area contributed by atoms with Crippen LogP contribution in [0.2, 0.25) is 0 Å². The summed E-state index contributed by atoms with van der Waals surface area (Å²) in [5, 5.41) is 2.97. The largest absolute Gasteiger partial charge is 0.393 e.